The molecule has 7 atom stereocenters. The van der Waals surface area contributed by atoms with Crippen LogP contribution in [0, 0.1) is 28.2 Å². The van der Waals surface area contributed by atoms with Gasteiger partial charge in [0.25, 0.3) is 5.91 Å². The van der Waals surface area contributed by atoms with E-state index in [0.29, 0.717) is 18.4 Å². The van der Waals surface area contributed by atoms with Crippen molar-refractivity contribution < 1.29 is 35.2 Å². The molecule has 3 fully saturated rings. The zero-order valence-electron chi connectivity index (χ0n) is 16.0. The second-order valence-corrected chi connectivity index (χ2v) is 8.30. The third kappa shape index (κ3) is 3.06. The summed E-state index contributed by atoms with van der Waals surface area (Å²) in [7, 11) is 0. The third-order valence-electron chi connectivity index (χ3n) is 6.81. The van der Waals surface area contributed by atoms with E-state index in [2.05, 4.69) is 19.2 Å². The van der Waals surface area contributed by atoms with Gasteiger partial charge in [0, 0.05) is 24.6 Å². The standard InChI is InChI=1S/C18H24N4O7/c1-9-8-20-16(23)15(14-4-3-13(9)18(14,20)2)29-17(24)19-10-5-11(21(25)26)7-12(6-10)22(27)28/h5-7,9,13-15,21-22,25,27H,3-4,8H2,1-2H3,(H,19,24). The van der Waals surface area contributed by atoms with Crippen molar-refractivity contribution in [3.63, 3.8) is 0 Å². The number of anilines is 1. The number of benzene rings is 1. The molecule has 1 aromatic carbocycles. The number of hydrogen-bond acceptors (Lipinski definition) is 7. The highest BCUT2D eigenvalue weighted by Gasteiger charge is 2.67. The summed E-state index contributed by atoms with van der Waals surface area (Å²) in [6, 6.07) is 3.27. The first-order chi connectivity index (χ1) is 13.6. The lowest BCUT2D eigenvalue weighted by atomic mass is 9.80. The first-order valence-corrected chi connectivity index (χ1v) is 9.53. The zero-order chi connectivity index (χ0) is 21.1. The fourth-order valence-electron chi connectivity index (χ4n) is 5.54. The van der Waals surface area contributed by atoms with E-state index in [0.717, 1.165) is 31.0 Å². The molecular weight excluding hydrogens is 384 g/mol. The fourth-order valence-corrected chi connectivity index (χ4v) is 5.54. The zero-order valence-corrected chi connectivity index (χ0v) is 16.0. The molecule has 7 unspecified atom stereocenters. The number of nitrogens with zero attached hydrogens (tertiary/aromatic N) is 1. The number of hydrogen-bond donors (Lipinski definition) is 5. The Kier molecular flexibility index (Phi) is 4.76. The lowest BCUT2D eigenvalue weighted by Crippen LogP contribution is -3.00. The van der Waals surface area contributed by atoms with Crippen LogP contribution in [0.25, 0.3) is 0 Å². The smallest absolute Gasteiger partial charge is 0.412 e. The molecule has 3 aliphatic rings. The average Bonchev–Trinajstić information content (AvgIpc) is 3.19. The summed E-state index contributed by atoms with van der Waals surface area (Å²) in [6.45, 7) is 4.86. The van der Waals surface area contributed by atoms with Crippen molar-refractivity contribution in [3.8, 4) is 0 Å². The number of ether oxygens (including phenoxy) is 1. The molecule has 1 saturated carbocycles. The van der Waals surface area contributed by atoms with Gasteiger partial charge < -0.3 is 20.1 Å². The largest absolute Gasteiger partial charge is 0.595 e. The highest BCUT2D eigenvalue weighted by molar-refractivity contribution is 5.91. The van der Waals surface area contributed by atoms with E-state index in [-0.39, 0.29) is 34.4 Å². The Morgan fingerprint density at radius 3 is 2.38 bits per heavy atom. The first-order valence-electron chi connectivity index (χ1n) is 9.53. The van der Waals surface area contributed by atoms with E-state index >= 15 is 0 Å². The Balaban J connectivity index is 1.51. The molecule has 0 bridgehead atoms. The summed E-state index contributed by atoms with van der Waals surface area (Å²) < 4.78 is 5.46. The number of carbonyl (C=O) groups is 2. The van der Waals surface area contributed by atoms with Gasteiger partial charge in [-0.1, -0.05) is 6.92 Å². The molecule has 5 N–H and O–H groups in total. The van der Waals surface area contributed by atoms with Gasteiger partial charge in [-0.3, -0.25) is 10.1 Å². The minimum Gasteiger partial charge on any atom is -0.595 e. The molecule has 11 nitrogen and oxygen atoms in total. The lowest BCUT2D eigenvalue weighted by molar-refractivity contribution is -0.996. The van der Waals surface area contributed by atoms with Crippen LogP contribution in [0.1, 0.15) is 26.7 Å². The fraction of sp³-hybridized carbons (Fsp3) is 0.556. The summed E-state index contributed by atoms with van der Waals surface area (Å²) in [5.41, 5.74) is -0.889. The highest BCUT2D eigenvalue weighted by Crippen LogP contribution is 2.58. The molecule has 29 heavy (non-hydrogen) atoms. The minimum absolute atomic E-state index is 0.0256. The molecule has 0 aromatic heterocycles. The van der Waals surface area contributed by atoms with E-state index in [1.54, 1.807) is 0 Å². The van der Waals surface area contributed by atoms with Crippen molar-refractivity contribution >= 4 is 29.1 Å². The highest BCUT2D eigenvalue weighted by atomic mass is 16.8. The monoisotopic (exact) mass is 408 g/mol. The molecule has 158 valence electrons. The number of quaternary nitrogens is 2. The van der Waals surface area contributed by atoms with Crippen molar-refractivity contribution in [1.82, 2.24) is 4.90 Å². The van der Waals surface area contributed by atoms with E-state index in [1.165, 1.54) is 0 Å². The van der Waals surface area contributed by atoms with E-state index in [1.807, 2.05) is 4.90 Å². The predicted octanol–water partition coefficient (Wildman–Crippen LogP) is -0.313. The Bertz CT molecular complexity index is 821. The Hall–Kier alpha value is -2.28. The number of amides is 2. The molecule has 2 saturated heterocycles. The van der Waals surface area contributed by atoms with Crippen molar-refractivity contribution in [2.45, 2.75) is 38.3 Å². The van der Waals surface area contributed by atoms with Gasteiger partial charge in [-0.25, -0.2) is 15.2 Å². The van der Waals surface area contributed by atoms with Crippen LogP contribution >= 0.6 is 0 Å². The van der Waals surface area contributed by atoms with Crippen molar-refractivity contribution in [2.24, 2.45) is 17.8 Å². The Labute approximate surface area is 166 Å². The van der Waals surface area contributed by atoms with E-state index < -0.39 is 22.7 Å². The molecule has 0 radical (unpaired) electrons. The minimum atomic E-state index is -1.32. The molecule has 1 aliphatic carbocycles. The van der Waals surface area contributed by atoms with Crippen LogP contribution < -0.4 is 15.8 Å². The van der Waals surface area contributed by atoms with Crippen LogP contribution in [0.4, 0.5) is 21.9 Å². The molecule has 2 heterocycles. The van der Waals surface area contributed by atoms with E-state index in [4.69, 9.17) is 15.2 Å². The van der Waals surface area contributed by atoms with Gasteiger partial charge in [0.15, 0.2) is 17.5 Å². The van der Waals surface area contributed by atoms with Crippen LogP contribution in [0.2, 0.25) is 0 Å². The van der Waals surface area contributed by atoms with Crippen molar-refractivity contribution in [1.29, 1.82) is 0 Å². The SMILES string of the molecule is CC1CN2C(=O)C(OC(=O)Nc3cc([NH+]([O-])O)cc([NH+]([O-])O)c3)C3CCC1C32C. The van der Waals surface area contributed by atoms with Crippen LogP contribution in [0.15, 0.2) is 18.2 Å². The summed E-state index contributed by atoms with van der Waals surface area (Å²) >= 11 is 0. The van der Waals surface area contributed by atoms with Crippen molar-refractivity contribution in [2.75, 3.05) is 11.9 Å². The third-order valence-corrected chi connectivity index (χ3v) is 6.81. The van der Waals surface area contributed by atoms with E-state index in [9.17, 15) is 20.0 Å². The number of carbonyl (C=O) groups excluding carboxylic acids is 2. The van der Waals surface area contributed by atoms with Crippen LogP contribution in [-0.2, 0) is 9.53 Å². The van der Waals surface area contributed by atoms with Crippen LogP contribution in [0.3, 0.4) is 0 Å². The summed E-state index contributed by atoms with van der Waals surface area (Å²) in [5.74, 6) is 0.512. The molecule has 1 aromatic rings. The topological polar surface area (TPSA) is 154 Å². The Morgan fingerprint density at radius 1 is 1.21 bits per heavy atom. The van der Waals surface area contributed by atoms with Crippen LogP contribution in [0.5, 0.6) is 0 Å². The lowest BCUT2D eigenvalue weighted by Gasteiger charge is -2.31. The summed E-state index contributed by atoms with van der Waals surface area (Å²) in [5, 5.41) is 40.4. The molecule has 2 aliphatic heterocycles. The second kappa shape index (κ2) is 6.90. The molecule has 4 rings (SSSR count). The van der Waals surface area contributed by atoms with Crippen LogP contribution in [-0.4, -0.2) is 45.5 Å². The number of nitrogens with one attached hydrogen (secondary N) is 3. The van der Waals surface area contributed by atoms with Gasteiger partial charge in [0.05, 0.1) is 17.3 Å². The normalized spacial score (nSPS) is 34.8. The molecule has 2 amide bonds. The van der Waals surface area contributed by atoms with Gasteiger partial charge >= 0.3 is 6.09 Å². The summed E-state index contributed by atoms with van der Waals surface area (Å²) in [4.78, 5) is 27.1. The average molecular weight is 408 g/mol. The van der Waals surface area contributed by atoms with Gasteiger partial charge in [0.2, 0.25) is 0 Å². The molecule has 11 heteroatoms. The van der Waals surface area contributed by atoms with Crippen molar-refractivity contribution in [3.05, 3.63) is 28.6 Å². The maximum absolute atomic E-state index is 12.9. The van der Waals surface area contributed by atoms with Gasteiger partial charge in [-0.2, -0.15) is 10.5 Å². The van der Waals surface area contributed by atoms with Gasteiger partial charge in [-0.05, 0) is 31.6 Å². The predicted molar refractivity (Wildman–Crippen MR) is 97.4 cm³/mol. The Morgan fingerprint density at radius 2 is 1.79 bits per heavy atom. The first kappa shape index (κ1) is 20.0. The number of rotatable bonds is 4. The maximum atomic E-state index is 12.9. The second-order valence-electron chi connectivity index (χ2n) is 8.30. The van der Waals surface area contributed by atoms with Gasteiger partial charge in [-0.15, -0.1) is 0 Å². The molecular formula is C18H24N4O7. The molecule has 0 spiro atoms. The maximum Gasteiger partial charge on any atom is 0.412 e. The summed E-state index contributed by atoms with van der Waals surface area (Å²) in [6.07, 6.45) is -0.0258. The van der Waals surface area contributed by atoms with Gasteiger partial charge in [0.1, 0.15) is 0 Å². The quantitative estimate of drug-likeness (QED) is 0.428.